The van der Waals surface area contributed by atoms with Gasteiger partial charge in [-0.05, 0) is 27.9 Å². The Morgan fingerprint density at radius 3 is 2.68 bits per heavy atom. The van der Waals surface area contributed by atoms with Crippen molar-refractivity contribution in [2.75, 3.05) is 27.7 Å². The Hall–Kier alpha value is -0.620. The van der Waals surface area contributed by atoms with E-state index in [1.165, 1.54) is 0 Å². The third-order valence-corrected chi connectivity index (χ3v) is 3.44. The van der Waals surface area contributed by atoms with Crippen LogP contribution in [0.15, 0.2) is 6.20 Å². The molecule has 1 unspecified atom stereocenters. The largest absolute Gasteiger partial charge is 0.387 e. The maximum absolute atomic E-state index is 10.4. The van der Waals surface area contributed by atoms with Crippen LogP contribution < -0.4 is 0 Å². The molecular weight excluding hydrogens is 266 g/mol. The van der Waals surface area contributed by atoms with Gasteiger partial charge in [-0.15, -0.1) is 0 Å². The van der Waals surface area contributed by atoms with Crippen molar-refractivity contribution in [2.45, 2.75) is 38.5 Å². The Bertz CT molecular complexity index is 405. The molecule has 1 aromatic rings. The van der Waals surface area contributed by atoms with Gasteiger partial charge < -0.3 is 14.7 Å². The van der Waals surface area contributed by atoms with Crippen LogP contribution in [0.1, 0.15) is 32.1 Å². The number of hydrogen-bond donors (Lipinski definition) is 1. The lowest BCUT2D eigenvalue weighted by Gasteiger charge is -2.26. The highest BCUT2D eigenvalue weighted by Gasteiger charge is 2.26. The summed E-state index contributed by atoms with van der Waals surface area (Å²) in [5, 5.41) is 15.1. The normalized spacial score (nSPS) is 14.1. The van der Waals surface area contributed by atoms with Crippen LogP contribution in [0, 0.1) is 0 Å². The molecule has 0 fully saturated rings. The third-order valence-electron chi connectivity index (χ3n) is 3.15. The molecule has 0 aliphatic rings. The van der Waals surface area contributed by atoms with Crippen molar-refractivity contribution in [2.24, 2.45) is 0 Å². The number of rotatable bonds is 7. The highest BCUT2D eigenvalue weighted by Crippen LogP contribution is 2.30. The Morgan fingerprint density at radius 1 is 1.53 bits per heavy atom. The van der Waals surface area contributed by atoms with Gasteiger partial charge in [-0.3, -0.25) is 4.68 Å². The number of aliphatic hydroxyl groups is 1. The van der Waals surface area contributed by atoms with Gasteiger partial charge in [0.15, 0.2) is 0 Å². The molecule has 1 rings (SSSR count). The van der Waals surface area contributed by atoms with E-state index >= 15 is 0 Å². The molecule has 0 spiro atoms. The second-order valence-electron chi connectivity index (χ2n) is 5.59. The number of nitrogens with zero attached hydrogens (tertiary/aromatic N) is 3. The first-order valence-corrected chi connectivity index (χ1v) is 6.74. The van der Waals surface area contributed by atoms with E-state index in [1.807, 2.05) is 27.9 Å². The lowest BCUT2D eigenvalue weighted by Crippen LogP contribution is -2.27. The molecule has 0 bridgehead atoms. The highest BCUT2D eigenvalue weighted by atomic mass is 35.5. The summed E-state index contributed by atoms with van der Waals surface area (Å²) in [4.78, 5) is 2.06. The average Bonchev–Trinajstić information content (AvgIpc) is 2.67. The minimum atomic E-state index is -0.688. The molecule has 0 saturated heterocycles. The van der Waals surface area contributed by atoms with E-state index < -0.39 is 11.7 Å². The number of halogens is 1. The fourth-order valence-corrected chi connectivity index (χ4v) is 2.09. The smallest absolute Gasteiger partial charge is 0.0999 e. The Balaban J connectivity index is 2.83. The predicted octanol–water partition coefficient (Wildman–Crippen LogP) is 1.95. The van der Waals surface area contributed by atoms with E-state index in [1.54, 1.807) is 18.0 Å². The van der Waals surface area contributed by atoms with Crippen LogP contribution in [0.5, 0.6) is 0 Å². The number of likely N-dealkylation sites (N-methyl/N-ethyl adjacent to an activating group) is 1. The van der Waals surface area contributed by atoms with Gasteiger partial charge in [0.05, 0.1) is 35.2 Å². The first-order chi connectivity index (χ1) is 8.76. The van der Waals surface area contributed by atoms with Crippen LogP contribution >= 0.6 is 11.6 Å². The van der Waals surface area contributed by atoms with Crippen molar-refractivity contribution < 1.29 is 9.84 Å². The van der Waals surface area contributed by atoms with Gasteiger partial charge in [0, 0.05) is 20.1 Å². The SMILES string of the molecule is COC(C)(C)CC(O)c1c(Cl)cnn1CCN(C)C. The molecule has 0 radical (unpaired) electrons. The number of hydrogen-bond acceptors (Lipinski definition) is 4. The second-order valence-corrected chi connectivity index (χ2v) is 6.00. The molecule has 1 atom stereocenters. The fraction of sp³-hybridized carbons (Fsp3) is 0.769. The summed E-state index contributed by atoms with van der Waals surface area (Å²) in [5.41, 5.74) is 0.257. The highest BCUT2D eigenvalue weighted by molar-refractivity contribution is 6.31. The zero-order valence-electron chi connectivity index (χ0n) is 12.4. The molecule has 6 heteroatoms. The number of methoxy groups -OCH3 is 1. The molecule has 19 heavy (non-hydrogen) atoms. The summed E-state index contributed by atoms with van der Waals surface area (Å²) in [5.74, 6) is 0. The van der Waals surface area contributed by atoms with Crippen LogP contribution in [0.2, 0.25) is 5.02 Å². The molecular formula is C13H24ClN3O2. The zero-order valence-corrected chi connectivity index (χ0v) is 13.1. The Kier molecular flexibility index (Phi) is 5.80. The zero-order chi connectivity index (χ0) is 14.6. The topological polar surface area (TPSA) is 50.5 Å². The minimum Gasteiger partial charge on any atom is -0.387 e. The summed E-state index contributed by atoms with van der Waals surface area (Å²) in [7, 11) is 5.63. The van der Waals surface area contributed by atoms with Gasteiger partial charge in [-0.1, -0.05) is 11.6 Å². The molecule has 1 heterocycles. The maximum Gasteiger partial charge on any atom is 0.0999 e. The van der Waals surface area contributed by atoms with E-state index in [0.29, 0.717) is 23.7 Å². The Labute approximate surface area is 120 Å². The Morgan fingerprint density at radius 2 is 2.16 bits per heavy atom. The van der Waals surface area contributed by atoms with Crippen LogP contribution in [-0.4, -0.2) is 53.1 Å². The van der Waals surface area contributed by atoms with E-state index in [9.17, 15) is 5.11 Å². The van der Waals surface area contributed by atoms with E-state index in [0.717, 1.165) is 6.54 Å². The summed E-state index contributed by atoms with van der Waals surface area (Å²) in [6, 6.07) is 0. The predicted molar refractivity (Wildman–Crippen MR) is 76.5 cm³/mol. The number of aliphatic hydroxyl groups excluding tert-OH is 1. The summed E-state index contributed by atoms with van der Waals surface area (Å²) >= 11 is 6.13. The summed E-state index contributed by atoms with van der Waals surface area (Å²) in [6.07, 6.45) is 1.36. The molecule has 5 nitrogen and oxygen atoms in total. The van der Waals surface area contributed by atoms with Gasteiger partial charge in [-0.25, -0.2) is 0 Å². The molecule has 0 aliphatic heterocycles. The van der Waals surface area contributed by atoms with Crippen molar-refractivity contribution in [1.29, 1.82) is 0 Å². The lowest BCUT2D eigenvalue weighted by molar-refractivity contribution is -0.0220. The van der Waals surface area contributed by atoms with Gasteiger partial charge in [0.2, 0.25) is 0 Å². The summed E-state index contributed by atoms with van der Waals surface area (Å²) in [6.45, 7) is 5.40. The second kappa shape index (κ2) is 6.70. The lowest BCUT2D eigenvalue weighted by atomic mass is 9.99. The van der Waals surface area contributed by atoms with Crippen LogP contribution in [-0.2, 0) is 11.3 Å². The number of ether oxygens (including phenoxy) is 1. The standard InChI is InChI=1S/C13H24ClN3O2/c1-13(2,19-5)8-11(18)12-10(14)9-15-17(12)7-6-16(3)4/h9,11,18H,6-8H2,1-5H3. The fourth-order valence-electron chi connectivity index (χ4n) is 1.82. The van der Waals surface area contributed by atoms with Gasteiger partial charge in [0.25, 0.3) is 0 Å². The van der Waals surface area contributed by atoms with Gasteiger partial charge in [-0.2, -0.15) is 5.10 Å². The molecule has 0 amide bonds. The molecule has 110 valence electrons. The average molecular weight is 290 g/mol. The van der Waals surface area contributed by atoms with Crippen molar-refractivity contribution in [3.63, 3.8) is 0 Å². The van der Waals surface area contributed by atoms with Crippen molar-refractivity contribution in [1.82, 2.24) is 14.7 Å². The van der Waals surface area contributed by atoms with Gasteiger partial charge in [0.1, 0.15) is 0 Å². The van der Waals surface area contributed by atoms with Crippen LogP contribution in [0.4, 0.5) is 0 Å². The number of aromatic nitrogens is 2. The minimum absolute atomic E-state index is 0.403. The van der Waals surface area contributed by atoms with Gasteiger partial charge >= 0.3 is 0 Å². The van der Waals surface area contributed by atoms with E-state index in [2.05, 4.69) is 10.00 Å². The molecule has 0 saturated carbocycles. The monoisotopic (exact) mass is 289 g/mol. The van der Waals surface area contributed by atoms with Crippen molar-refractivity contribution in [3.8, 4) is 0 Å². The van der Waals surface area contributed by atoms with Crippen LogP contribution in [0.25, 0.3) is 0 Å². The molecule has 1 N–H and O–H groups in total. The first-order valence-electron chi connectivity index (χ1n) is 6.36. The molecule has 0 aliphatic carbocycles. The van der Waals surface area contributed by atoms with E-state index in [-0.39, 0.29) is 0 Å². The van der Waals surface area contributed by atoms with Crippen LogP contribution in [0.3, 0.4) is 0 Å². The summed E-state index contributed by atoms with van der Waals surface area (Å²) < 4.78 is 7.11. The third kappa shape index (κ3) is 4.76. The first kappa shape index (κ1) is 16.4. The molecule has 1 aromatic heterocycles. The van der Waals surface area contributed by atoms with E-state index in [4.69, 9.17) is 16.3 Å². The quantitative estimate of drug-likeness (QED) is 0.833. The van der Waals surface area contributed by atoms with Crippen molar-refractivity contribution in [3.05, 3.63) is 16.9 Å². The maximum atomic E-state index is 10.4. The molecule has 0 aromatic carbocycles. The van der Waals surface area contributed by atoms with Crippen molar-refractivity contribution >= 4 is 11.6 Å².